The monoisotopic (exact) mass is 402 g/mol. The minimum atomic E-state index is -3.82. The van der Waals surface area contributed by atoms with Crippen LogP contribution in [-0.4, -0.2) is 26.5 Å². The van der Waals surface area contributed by atoms with Crippen molar-refractivity contribution in [3.8, 4) is 11.5 Å². The molecule has 3 aromatic rings. The maximum atomic E-state index is 13.2. The fourth-order valence-electron chi connectivity index (χ4n) is 3.14. The highest BCUT2D eigenvalue weighted by Crippen LogP contribution is 2.36. The highest BCUT2D eigenvalue weighted by molar-refractivity contribution is 7.91. The Morgan fingerprint density at radius 3 is 2.26 bits per heavy atom. The van der Waals surface area contributed by atoms with E-state index >= 15 is 0 Å². The average Bonchev–Trinajstić information content (AvgIpc) is 3.32. The Kier molecular flexibility index (Phi) is 4.70. The fraction of sp³-hybridized carbons (Fsp3) is 0.250. The molecule has 1 aliphatic heterocycles. The second-order valence-corrected chi connectivity index (χ2v) is 8.95. The Balaban J connectivity index is 1.85. The molecule has 1 saturated heterocycles. The van der Waals surface area contributed by atoms with Gasteiger partial charge in [0.1, 0.15) is 0 Å². The number of rotatable bonds is 4. The normalized spacial score (nSPS) is 14.7. The van der Waals surface area contributed by atoms with Gasteiger partial charge in [-0.05, 0) is 56.2 Å². The summed E-state index contributed by atoms with van der Waals surface area (Å²) >= 11 is 5.90. The van der Waals surface area contributed by atoms with Gasteiger partial charge in [-0.1, -0.05) is 29.3 Å². The third-order valence-electron chi connectivity index (χ3n) is 4.65. The van der Waals surface area contributed by atoms with Gasteiger partial charge in [-0.3, -0.25) is 0 Å². The third-order valence-corrected chi connectivity index (χ3v) is 6.57. The molecule has 0 bridgehead atoms. The molecule has 0 saturated carbocycles. The van der Waals surface area contributed by atoms with Gasteiger partial charge < -0.3 is 9.32 Å². The number of sulfone groups is 1. The highest BCUT2D eigenvalue weighted by Gasteiger charge is 2.32. The number of aryl methyl sites for hydroxylation is 1. The van der Waals surface area contributed by atoms with Crippen molar-refractivity contribution in [3.05, 3.63) is 59.1 Å². The van der Waals surface area contributed by atoms with Crippen LogP contribution in [0.3, 0.4) is 0 Å². The van der Waals surface area contributed by atoms with Crippen molar-refractivity contribution in [1.29, 1.82) is 0 Å². The van der Waals surface area contributed by atoms with Crippen LogP contribution in [0.4, 0.5) is 5.88 Å². The first kappa shape index (κ1) is 18.1. The molecule has 0 unspecified atom stereocenters. The Bertz CT molecular complexity index is 1050. The minimum Gasteiger partial charge on any atom is -0.419 e. The zero-order valence-electron chi connectivity index (χ0n) is 14.9. The van der Waals surface area contributed by atoms with Gasteiger partial charge in [-0.25, -0.2) is 8.42 Å². The van der Waals surface area contributed by atoms with E-state index < -0.39 is 9.84 Å². The average molecular weight is 403 g/mol. The van der Waals surface area contributed by atoms with Crippen LogP contribution in [0.1, 0.15) is 18.4 Å². The minimum absolute atomic E-state index is 0.0395. The van der Waals surface area contributed by atoms with Gasteiger partial charge in [0.2, 0.25) is 26.6 Å². The van der Waals surface area contributed by atoms with Crippen LogP contribution in [-0.2, 0) is 9.84 Å². The summed E-state index contributed by atoms with van der Waals surface area (Å²) in [6.45, 7) is 3.50. The number of halogens is 1. The zero-order valence-corrected chi connectivity index (χ0v) is 16.4. The van der Waals surface area contributed by atoms with Crippen LogP contribution in [0.15, 0.2) is 62.9 Å². The maximum absolute atomic E-state index is 13.2. The molecule has 1 aromatic heterocycles. The van der Waals surface area contributed by atoms with Gasteiger partial charge in [0.25, 0.3) is 0 Å². The summed E-state index contributed by atoms with van der Waals surface area (Å²) in [5.74, 6) is 0.627. The van der Waals surface area contributed by atoms with E-state index in [0.29, 0.717) is 16.8 Å². The van der Waals surface area contributed by atoms with E-state index in [4.69, 9.17) is 16.0 Å². The molecule has 0 N–H and O–H groups in total. The molecule has 0 atom stereocenters. The molecule has 2 heterocycles. The Labute approximate surface area is 163 Å². The van der Waals surface area contributed by atoms with Crippen molar-refractivity contribution in [2.24, 2.45) is 0 Å². The Hall–Kier alpha value is -2.31. The predicted octanol–water partition coefficient (Wildman–Crippen LogP) is 4.74. The van der Waals surface area contributed by atoms with Crippen molar-refractivity contribution >= 4 is 27.3 Å². The molecule has 0 radical (unpaired) electrons. The van der Waals surface area contributed by atoms with Gasteiger partial charge in [0.05, 0.1) is 4.90 Å². The van der Waals surface area contributed by atoms with E-state index in [9.17, 15) is 8.42 Å². The molecule has 140 valence electrons. The van der Waals surface area contributed by atoms with Crippen molar-refractivity contribution < 1.29 is 12.8 Å². The topological polar surface area (TPSA) is 63.4 Å². The fourth-order valence-corrected chi connectivity index (χ4v) is 4.59. The molecular formula is C20H19ClN2O3S. The van der Waals surface area contributed by atoms with Crippen molar-refractivity contribution in [2.45, 2.75) is 29.7 Å². The molecule has 5 nitrogen and oxygen atoms in total. The van der Waals surface area contributed by atoms with Gasteiger partial charge in [0.15, 0.2) is 0 Å². The molecule has 0 aliphatic carbocycles. The van der Waals surface area contributed by atoms with Crippen LogP contribution < -0.4 is 4.90 Å². The first-order chi connectivity index (χ1) is 12.9. The lowest BCUT2D eigenvalue weighted by Gasteiger charge is -2.14. The largest absolute Gasteiger partial charge is 0.419 e. The van der Waals surface area contributed by atoms with Crippen LogP contribution in [0, 0.1) is 6.92 Å². The van der Waals surface area contributed by atoms with Crippen LogP contribution in [0.2, 0.25) is 5.02 Å². The van der Waals surface area contributed by atoms with Crippen LogP contribution in [0.5, 0.6) is 0 Å². The second kappa shape index (κ2) is 7.02. The first-order valence-corrected chi connectivity index (χ1v) is 10.6. The molecule has 7 heteroatoms. The summed E-state index contributed by atoms with van der Waals surface area (Å²) in [7, 11) is -3.82. The van der Waals surface area contributed by atoms with Gasteiger partial charge in [-0.2, -0.15) is 4.98 Å². The molecule has 4 rings (SSSR count). The molecule has 1 fully saturated rings. The van der Waals surface area contributed by atoms with Crippen LogP contribution >= 0.6 is 11.6 Å². The summed E-state index contributed by atoms with van der Waals surface area (Å²) in [5.41, 5.74) is 1.86. The van der Waals surface area contributed by atoms with E-state index in [1.807, 2.05) is 36.1 Å². The molecule has 27 heavy (non-hydrogen) atoms. The summed E-state index contributed by atoms with van der Waals surface area (Å²) in [4.78, 5) is 6.50. The Morgan fingerprint density at radius 1 is 1.00 bits per heavy atom. The quantitative estimate of drug-likeness (QED) is 0.630. The molecule has 1 aliphatic rings. The summed E-state index contributed by atoms with van der Waals surface area (Å²) in [6, 6.07) is 13.8. The van der Waals surface area contributed by atoms with Crippen molar-refractivity contribution in [2.75, 3.05) is 18.0 Å². The lowest BCUT2D eigenvalue weighted by Crippen LogP contribution is -2.19. The van der Waals surface area contributed by atoms with Gasteiger partial charge in [0, 0.05) is 23.7 Å². The number of benzene rings is 2. The first-order valence-electron chi connectivity index (χ1n) is 8.78. The molecule has 0 spiro atoms. The van der Waals surface area contributed by atoms with Crippen LogP contribution in [0.25, 0.3) is 11.5 Å². The highest BCUT2D eigenvalue weighted by atomic mass is 35.5. The lowest BCUT2D eigenvalue weighted by atomic mass is 10.1. The molecular weight excluding hydrogens is 384 g/mol. The third kappa shape index (κ3) is 3.47. The maximum Gasteiger partial charge on any atom is 0.236 e. The number of oxazole rings is 1. The second-order valence-electron chi connectivity index (χ2n) is 6.65. The van der Waals surface area contributed by atoms with Crippen molar-refractivity contribution in [1.82, 2.24) is 4.98 Å². The SMILES string of the molecule is Cc1ccc(-c2nc(S(=O)(=O)c3ccc(Cl)cc3)c(N3CCCC3)o2)cc1. The smallest absolute Gasteiger partial charge is 0.236 e. The summed E-state index contributed by atoms with van der Waals surface area (Å²) in [5, 5.41) is 0.441. The standard InChI is InChI=1S/C20H19ClN2O3S/c1-14-4-6-15(7-5-14)18-22-19(20(26-18)23-12-2-3-13-23)27(24,25)17-10-8-16(21)9-11-17/h4-11H,2-3,12-13H2,1H3. The van der Waals surface area contributed by atoms with Gasteiger partial charge in [-0.15, -0.1) is 0 Å². The number of aromatic nitrogens is 1. The lowest BCUT2D eigenvalue weighted by molar-refractivity contribution is 0.556. The number of hydrogen-bond donors (Lipinski definition) is 0. The molecule has 0 amide bonds. The van der Waals surface area contributed by atoms with E-state index in [1.54, 1.807) is 12.1 Å². The molecule has 2 aromatic carbocycles. The summed E-state index contributed by atoms with van der Waals surface area (Å²) < 4.78 is 32.4. The van der Waals surface area contributed by atoms with Crippen molar-refractivity contribution in [3.63, 3.8) is 0 Å². The zero-order chi connectivity index (χ0) is 19.0. The van der Waals surface area contributed by atoms with E-state index in [0.717, 1.165) is 37.1 Å². The number of hydrogen-bond acceptors (Lipinski definition) is 5. The van der Waals surface area contributed by atoms with E-state index in [-0.39, 0.29) is 9.92 Å². The predicted molar refractivity (Wildman–Crippen MR) is 105 cm³/mol. The van der Waals surface area contributed by atoms with E-state index in [1.165, 1.54) is 12.1 Å². The van der Waals surface area contributed by atoms with E-state index in [2.05, 4.69) is 4.98 Å². The number of anilines is 1. The van der Waals surface area contributed by atoms with Gasteiger partial charge >= 0.3 is 0 Å². The summed E-state index contributed by atoms with van der Waals surface area (Å²) in [6.07, 6.45) is 2.00. The Morgan fingerprint density at radius 2 is 1.63 bits per heavy atom. The number of nitrogens with zero attached hydrogens (tertiary/aromatic N) is 2.